The van der Waals surface area contributed by atoms with Crippen molar-refractivity contribution < 1.29 is 25.3 Å². The van der Waals surface area contributed by atoms with Crippen molar-refractivity contribution >= 4 is 61.7 Å². The summed E-state index contributed by atoms with van der Waals surface area (Å²) < 4.78 is 81.3. The SMILES string of the molecule is C[C@]1(N(CCNS(=O)(=O)c2ccc(Br)cc2)S(=O)(=O)c2ccc(Br)cc2)CCS(=O)(=O)C1. The normalized spacial score (nSPS) is 21.1. The number of sulfone groups is 1. The number of nitrogens with one attached hydrogen (secondary N) is 1. The first-order valence-corrected chi connectivity index (χ1v) is 15.8. The highest BCUT2D eigenvalue weighted by molar-refractivity contribution is 9.10. The van der Waals surface area contributed by atoms with Crippen molar-refractivity contribution in [2.45, 2.75) is 28.7 Å². The molecular formula is C19H22Br2N2O6S3. The summed E-state index contributed by atoms with van der Waals surface area (Å²) in [6, 6.07) is 12.0. The van der Waals surface area contributed by atoms with Gasteiger partial charge in [0.25, 0.3) is 0 Å². The Hall–Kier alpha value is -0.830. The molecular weight excluding hydrogens is 608 g/mol. The lowest BCUT2D eigenvalue weighted by molar-refractivity contribution is 0.236. The predicted molar refractivity (Wildman–Crippen MR) is 129 cm³/mol. The summed E-state index contributed by atoms with van der Waals surface area (Å²) in [4.78, 5) is 0.0414. The molecule has 0 amide bonds. The van der Waals surface area contributed by atoms with Crippen LogP contribution < -0.4 is 4.72 Å². The second kappa shape index (κ2) is 9.43. The van der Waals surface area contributed by atoms with Crippen molar-refractivity contribution in [3.63, 3.8) is 0 Å². The highest BCUT2D eigenvalue weighted by atomic mass is 79.9. The van der Waals surface area contributed by atoms with E-state index in [1.54, 1.807) is 31.2 Å². The average Bonchev–Trinajstić information content (AvgIpc) is 2.99. The molecule has 13 heteroatoms. The summed E-state index contributed by atoms with van der Waals surface area (Å²) in [6.07, 6.45) is 0.130. The van der Waals surface area contributed by atoms with Gasteiger partial charge < -0.3 is 0 Å². The summed E-state index contributed by atoms with van der Waals surface area (Å²) in [6.45, 7) is 1.14. The van der Waals surface area contributed by atoms with Crippen molar-refractivity contribution in [2.75, 3.05) is 24.6 Å². The van der Waals surface area contributed by atoms with Crippen molar-refractivity contribution in [3.05, 3.63) is 57.5 Å². The van der Waals surface area contributed by atoms with Gasteiger partial charge in [-0.2, -0.15) is 4.31 Å². The van der Waals surface area contributed by atoms with E-state index in [-0.39, 0.29) is 40.8 Å². The zero-order valence-electron chi connectivity index (χ0n) is 17.0. The Labute approximate surface area is 205 Å². The molecule has 2 aromatic carbocycles. The van der Waals surface area contributed by atoms with Gasteiger partial charge in [0.1, 0.15) is 0 Å². The number of hydrogen-bond donors (Lipinski definition) is 1. The van der Waals surface area contributed by atoms with Crippen LogP contribution in [0, 0.1) is 0 Å². The quantitative estimate of drug-likeness (QED) is 0.480. The van der Waals surface area contributed by atoms with E-state index in [1.807, 2.05) is 0 Å². The molecule has 32 heavy (non-hydrogen) atoms. The van der Waals surface area contributed by atoms with Crippen LogP contribution in [0.2, 0.25) is 0 Å². The Morgan fingerprint density at radius 3 is 1.91 bits per heavy atom. The molecule has 1 N–H and O–H groups in total. The third-order valence-electron chi connectivity index (χ3n) is 5.22. The third kappa shape index (κ3) is 5.80. The predicted octanol–water partition coefficient (Wildman–Crippen LogP) is 2.76. The molecule has 3 rings (SSSR count). The molecule has 1 fully saturated rings. The number of halogens is 2. The van der Waals surface area contributed by atoms with Gasteiger partial charge in [0.2, 0.25) is 20.0 Å². The van der Waals surface area contributed by atoms with E-state index in [0.29, 0.717) is 4.47 Å². The number of sulfonamides is 2. The summed E-state index contributed by atoms with van der Waals surface area (Å²) >= 11 is 6.51. The first-order chi connectivity index (χ1) is 14.8. The Morgan fingerprint density at radius 2 is 1.44 bits per heavy atom. The van der Waals surface area contributed by atoms with E-state index < -0.39 is 35.4 Å². The highest BCUT2D eigenvalue weighted by Gasteiger charge is 2.47. The minimum atomic E-state index is -4.09. The maximum Gasteiger partial charge on any atom is 0.243 e. The Balaban J connectivity index is 1.88. The van der Waals surface area contributed by atoms with Crippen molar-refractivity contribution in [1.29, 1.82) is 0 Å². The van der Waals surface area contributed by atoms with Crippen LogP contribution in [0.25, 0.3) is 0 Å². The molecule has 176 valence electrons. The molecule has 0 unspecified atom stereocenters. The first-order valence-electron chi connectivity index (χ1n) is 9.49. The fraction of sp³-hybridized carbons (Fsp3) is 0.368. The fourth-order valence-electron chi connectivity index (χ4n) is 3.58. The van der Waals surface area contributed by atoms with Gasteiger partial charge in [-0.1, -0.05) is 31.9 Å². The molecule has 1 aliphatic heterocycles. The Morgan fingerprint density at radius 1 is 0.938 bits per heavy atom. The van der Waals surface area contributed by atoms with E-state index in [0.717, 1.165) is 8.78 Å². The van der Waals surface area contributed by atoms with E-state index in [9.17, 15) is 25.3 Å². The van der Waals surface area contributed by atoms with Gasteiger partial charge in [0, 0.05) is 27.6 Å². The van der Waals surface area contributed by atoms with Gasteiger partial charge >= 0.3 is 0 Å². The molecule has 2 aromatic rings. The summed E-state index contributed by atoms with van der Waals surface area (Å²) in [5.41, 5.74) is -1.19. The Kier molecular flexibility index (Phi) is 7.60. The molecule has 0 aromatic heterocycles. The van der Waals surface area contributed by atoms with Crippen LogP contribution in [-0.4, -0.2) is 59.7 Å². The van der Waals surface area contributed by atoms with E-state index in [1.165, 1.54) is 24.3 Å². The monoisotopic (exact) mass is 628 g/mol. The maximum absolute atomic E-state index is 13.4. The van der Waals surface area contributed by atoms with Crippen molar-refractivity contribution in [3.8, 4) is 0 Å². The van der Waals surface area contributed by atoms with Crippen LogP contribution in [0.3, 0.4) is 0 Å². The smallest absolute Gasteiger partial charge is 0.229 e. The van der Waals surface area contributed by atoms with Gasteiger partial charge in [-0.25, -0.2) is 30.0 Å². The van der Waals surface area contributed by atoms with Crippen molar-refractivity contribution in [2.24, 2.45) is 0 Å². The lowest BCUT2D eigenvalue weighted by atomic mass is 10.0. The standard InChI is InChI=1S/C19H22Br2N2O6S3/c1-19(10-13-30(24,25)14-19)23(32(28,29)18-8-4-16(21)5-9-18)12-11-22-31(26,27)17-6-2-15(20)3-7-17/h2-9,22H,10-14H2,1H3/t19-/m0/s1. The van der Waals surface area contributed by atoms with Crippen LogP contribution >= 0.6 is 31.9 Å². The molecule has 0 saturated carbocycles. The fourth-order valence-corrected chi connectivity index (χ4v) is 9.16. The lowest BCUT2D eigenvalue weighted by Gasteiger charge is -2.36. The molecule has 1 heterocycles. The van der Waals surface area contributed by atoms with Crippen LogP contribution in [0.15, 0.2) is 67.3 Å². The van der Waals surface area contributed by atoms with Gasteiger partial charge in [-0.3, -0.25) is 0 Å². The maximum atomic E-state index is 13.4. The molecule has 0 bridgehead atoms. The Bertz CT molecular complexity index is 1300. The molecule has 0 spiro atoms. The second-order valence-electron chi connectivity index (χ2n) is 7.72. The van der Waals surface area contributed by atoms with Crippen LogP contribution in [-0.2, 0) is 29.9 Å². The molecule has 1 saturated heterocycles. The molecule has 8 nitrogen and oxygen atoms in total. The topological polar surface area (TPSA) is 118 Å². The zero-order valence-corrected chi connectivity index (χ0v) is 22.7. The van der Waals surface area contributed by atoms with E-state index in [4.69, 9.17) is 0 Å². The number of hydrogen-bond acceptors (Lipinski definition) is 6. The highest BCUT2D eigenvalue weighted by Crippen LogP contribution is 2.34. The molecule has 1 atom stereocenters. The van der Waals surface area contributed by atoms with Gasteiger partial charge in [-0.15, -0.1) is 0 Å². The van der Waals surface area contributed by atoms with Gasteiger partial charge in [0.15, 0.2) is 9.84 Å². The van der Waals surface area contributed by atoms with Crippen LogP contribution in [0.1, 0.15) is 13.3 Å². The van der Waals surface area contributed by atoms with Crippen LogP contribution in [0.4, 0.5) is 0 Å². The summed E-state index contributed by atoms with van der Waals surface area (Å²) in [7, 11) is -11.4. The van der Waals surface area contributed by atoms with Crippen LogP contribution in [0.5, 0.6) is 0 Å². The first kappa shape index (κ1) is 25.8. The lowest BCUT2D eigenvalue weighted by Crippen LogP contribution is -2.53. The summed E-state index contributed by atoms with van der Waals surface area (Å²) in [5.74, 6) is -0.449. The van der Waals surface area contributed by atoms with Gasteiger partial charge in [0.05, 0.1) is 21.3 Å². The largest absolute Gasteiger partial charge is 0.243 e. The van der Waals surface area contributed by atoms with Gasteiger partial charge in [-0.05, 0) is 61.9 Å². The number of rotatable bonds is 8. The average molecular weight is 630 g/mol. The molecule has 0 aliphatic carbocycles. The third-order valence-corrected chi connectivity index (χ3v) is 11.7. The van der Waals surface area contributed by atoms with E-state index in [2.05, 4.69) is 36.6 Å². The second-order valence-corrected chi connectivity index (χ2v) is 15.4. The molecule has 0 radical (unpaired) electrons. The zero-order chi connectivity index (χ0) is 23.8. The summed E-state index contributed by atoms with van der Waals surface area (Å²) in [5, 5.41) is 0. The minimum absolute atomic E-state index is 0.00184. The minimum Gasteiger partial charge on any atom is -0.229 e. The molecule has 1 aliphatic rings. The van der Waals surface area contributed by atoms with Crippen molar-refractivity contribution in [1.82, 2.24) is 9.03 Å². The van der Waals surface area contributed by atoms with E-state index >= 15 is 0 Å². The number of nitrogens with zero attached hydrogens (tertiary/aromatic N) is 1. The number of benzene rings is 2.